The van der Waals surface area contributed by atoms with E-state index in [2.05, 4.69) is 31.9 Å². The van der Waals surface area contributed by atoms with Crippen LogP contribution < -0.4 is 69.3 Å². The fourth-order valence-corrected chi connectivity index (χ4v) is 0.671. The van der Waals surface area contributed by atoms with E-state index in [9.17, 15) is 19.8 Å². The van der Waals surface area contributed by atoms with Gasteiger partial charge >= 0.3 is 59.1 Å². The third-order valence-corrected chi connectivity index (χ3v) is 3.22. The number of aliphatic carboxylic acids is 2. The van der Waals surface area contributed by atoms with Crippen molar-refractivity contribution >= 4 is 43.8 Å². The van der Waals surface area contributed by atoms with Crippen LogP contribution in [0, 0.1) is 0 Å². The Bertz CT molecular complexity index is 147. The van der Waals surface area contributed by atoms with Gasteiger partial charge < -0.3 is 19.8 Å². The Kier molecular flexibility index (Phi) is 15.3. The maximum Gasteiger partial charge on any atom is 1.00 e. The Morgan fingerprint density at radius 1 is 0.917 bits per heavy atom. The van der Waals surface area contributed by atoms with Crippen LogP contribution in [0.1, 0.15) is 0 Å². The molecule has 58 valence electrons. The fourth-order valence-electron chi connectivity index (χ4n) is 0.239. The Balaban J connectivity index is -0.000000405. The molecule has 0 unspecified atom stereocenters. The summed E-state index contributed by atoms with van der Waals surface area (Å²) in [5.41, 5.74) is 0. The molecule has 0 saturated carbocycles. The second-order valence-electron chi connectivity index (χ2n) is 1.44. The molecule has 0 fully saturated rings. The number of carboxylic acid groups (broad SMARTS) is 2. The van der Waals surface area contributed by atoms with Crippen LogP contribution in [0.3, 0.4) is 0 Å². The van der Waals surface area contributed by atoms with Gasteiger partial charge in [0, 0.05) is 0 Å². The normalized spacial score (nSPS) is 13.2. The smallest absolute Gasteiger partial charge is 0.549 e. The average Bonchev–Trinajstić information content (AvgIpc) is 1.84. The zero-order valence-electron chi connectivity index (χ0n) is 6.54. The SMILES string of the molecule is O=C([O-])[C@H](Br)[C@@H](Br)C(=O)[O-].[Na+].[Na+]. The molecule has 0 rings (SSSR count). The maximum atomic E-state index is 9.97. The third kappa shape index (κ3) is 7.32. The Hall–Kier alpha value is 1.90. The first-order valence-corrected chi connectivity index (χ1v) is 3.99. The number of rotatable bonds is 3. The van der Waals surface area contributed by atoms with Crippen LogP contribution >= 0.6 is 31.9 Å². The van der Waals surface area contributed by atoms with E-state index in [1.54, 1.807) is 0 Å². The summed E-state index contributed by atoms with van der Waals surface area (Å²) in [5, 5.41) is 19.9. The number of carbonyl (C=O) groups is 2. The fraction of sp³-hybridized carbons (Fsp3) is 0.500. The van der Waals surface area contributed by atoms with Crippen LogP contribution in [-0.4, -0.2) is 21.6 Å². The van der Waals surface area contributed by atoms with Gasteiger partial charge in [0.25, 0.3) is 0 Å². The van der Waals surface area contributed by atoms with Crippen LogP contribution in [0.4, 0.5) is 0 Å². The van der Waals surface area contributed by atoms with E-state index >= 15 is 0 Å². The summed E-state index contributed by atoms with van der Waals surface area (Å²) >= 11 is 5.16. The van der Waals surface area contributed by atoms with E-state index in [-0.39, 0.29) is 59.1 Å². The Morgan fingerprint density at radius 2 is 1.08 bits per heavy atom. The van der Waals surface area contributed by atoms with Crippen molar-refractivity contribution in [1.29, 1.82) is 0 Å². The standard InChI is InChI=1S/C4H4Br2O4.2Na/c5-1(3(7)8)2(6)4(9)10;;/h1-2H,(H,7,8)(H,9,10);;/q;2*+1/p-2/t1-,2-;;/m1../s1. The second-order valence-corrected chi connectivity index (χ2v) is 3.41. The van der Waals surface area contributed by atoms with E-state index in [0.717, 1.165) is 0 Å². The molecule has 0 saturated heterocycles. The first kappa shape index (κ1) is 19.5. The molecule has 0 N–H and O–H groups in total. The third-order valence-electron chi connectivity index (χ3n) is 0.707. The molecule has 0 aromatic heterocycles. The van der Waals surface area contributed by atoms with Gasteiger partial charge in [-0.05, 0) is 0 Å². The summed E-state index contributed by atoms with van der Waals surface area (Å²) in [5.74, 6) is -2.99. The number of hydrogen-bond donors (Lipinski definition) is 0. The van der Waals surface area contributed by atoms with E-state index in [1.165, 1.54) is 0 Å². The summed E-state index contributed by atoms with van der Waals surface area (Å²) in [4.78, 5) is 17.4. The molecular weight excluding hydrogens is 318 g/mol. The molecule has 0 aliphatic rings. The molecule has 0 heterocycles. The van der Waals surface area contributed by atoms with Gasteiger partial charge in [0.1, 0.15) is 0 Å². The molecule has 0 spiro atoms. The average molecular weight is 320 g/mol. The van der Waals surface area contributed by atoms with E-state index < -0.39 is 21.6 Å². The van der Waals surface area contributed by atoms with Crippen LogP contribution in [0.2, 0.25) is 0 Å². The largest absolute Gasteiger partial charge is 1.00 e. The predicted molar refractivity (Wildman–Crippen MR) is 35.4 cm³/mol. The second kappa shape index (κ2) is 9.45. The van der Waals surface area contributed by atoms with Gasteiger partial charge in [-0.1, -0.05) is 31.9 Å². The van der Waals surface area contributed by atoms with Gasteiger partial charge in [-0.15, -0.1) is 0 Å². The molecule has 0 aliphatic carbocycles. The van der Waals surface area contributed by atoms with Crippen molar-refractivity contribution < 1.29 is 78.9 Å². The molecule has 0 radical (unpaired) electrons. The number of carbonyl (C=O) groups excluding carboxylic acids is 2. The minimum atomic E-state index is -1.49. The van der Waals surface area contributed by atoms with Crippen LogP contribution in [-0.2, 0) is 9.59 Å². The summed E-state index contributed by atoms with van der Waals surface area (Å²) in [7, 11) is 0. The number of alkyl halides is 2. The zero-order valence-corrected chi connectivity index (χ0v) is 13.7. The van der Waals surface area contributed by atoms with Gasteiger partial charge in [0.05, 0.1) is 21.6 Å². The quantitative estimate of drug-likeness (QED) is 0.382. The number of halogens is 2. The summed E-state index contributed by atoms with van der Waals surface area (Å²) in [6, 6.07) is 0. The molecule has 2 atom stereocenters. The molecule has 8 heteroatoms. The summed E-state index contributed by atoms with van der Waals surface area (Å²) < 4.78 is 0. The van der Waals surface area contributed by atoms with Gasteiger partial charge in [0.2, 0.25) is 0 Å². The van der Waals surface area contributed by atoms with Crippen molar-refractivity contribution in [3.05, 3.63) is 0 Å². The van der Waals surface area contributed by atoms with Crippen molar-refractivity contribution in [2.45, 2.75) is 9.65 Å². The zero-order chi connectivity index (χ0) is 8.31. The summed E-state index contributed by atoms with van der Waals surface area (Å²) in [6.07, 6.45) is 0. The summed E-state index contributed by atoms with van der Waals surface area (Å²) in [6.45, 7) is 0. The van der Waals surface area contributed by atoms with Gasteiger partial charge in [-0.25, -0.2) is 0 Å². The van der Waals surface area contributed by atoms with Gasteiger partial charge in [-0.2, -0.15) is 0 Å². The molecule has 0 aromatic carbocycles. The van der Waals surface area contributed by atoms with Crippen molar-refractivity contribution in [2.75, 3.05) is 0 Å². The van der Waals surface area contributed by atoms with Crippen molar-refractivity contribution in [1.82, 2.24) is 0 Å². The monoisotopic (exact) mass is 318 g/mol. The maximum absolute atomic E-state index is 9.97. The molecule has 0 aliphatic heterocycles. The van der Waals surface area contributed by atoms with Crippen molar-refractivity contribution in [2.24, 2.45) is 0 Å². The molecular formula is C4H2Br2Na2O4. The minimum Gasteiger partial charge on any atom is -0.549 e. The molecule has 4 nitrogen and oxygen atoms in total. The van der Waals surface area contributed by atoms with Crippen molar-refractivity contribution in [3.63, 3.8) is 0 Å². The van der Waals surface area contributed by atoms with Crippen molar-refractivity contribution in [3.8, 4) is 0 Å². The van der Waals surface area contributed by atoms with E-state index in [1.807, 2.05) is 0 Å². The van der Waals surface area contributed by atoms with Gasteiger partial charge in [-0.3, -0.25) is 0 Å². The number of carboxylic acids is 2. The minimum absolute atomic E-state index is 0. The Labute approximate surface area is 130 Å². The Morgan fingerprint density at radius 3 is 1.17 bits per heavy atom. The van der Waals surface area contributed by atoms with Crippen LogP contribution in [0.15, 0.2) is 0 Å². The number of hydrogen-bond acceptors (Lipinski definition) is 4. The molecule has 0 bridgehead atoms. The molecule has 0 amide bonds. The van der Waals surface area contributed by atoms with Crippen LogP contribution in [0.25, 0.3) is 0 Å². The molecule has 0 aromatic rings. The van der Waals surface area contributed by atoms with Crippen LogP contribution in [0.5, 0.6) is 0 Å². The first-order valence-electron chi connectivity index (χ1n) is 2.16. The topological polar surface area (TPSA) is 80.3 Å². The molecule has 12 heavy (non-hydrogen) atoms. The van der Waals surface area contributed by atoms with E-state index in [4.69, 9.17) is 0 Å². The van der Waals surface area contributed by atoms with Gasteiger partial charge in [0.15, 0.2) is 0 Å². The van der Waals surface area contributed by atoms with E-state index in [0.29, 0.717) is 0 Å². The predicted octanol–water partition coefficient (Wildman–Crippen LogP) is -7.98. The first-order chi connectivity index (χ1) is 4.46.